The summed E-state index contributed by atoms with van der Waals surface area (Å²) in [5, 5.41) is 0. The lowest BCUT2D eigenvalue weighted by Crippen LogP contribution is -2.31. The molecule has 0 spiro atoms. The normalized spacial score (nSPS) is 26.2. The van der Waals surface area contributed by atoms with Gasteiger partial charge in [-0.15, -0.1) is 0 Å². The molecule has 0 aromatic heterocycles. The first-order valence-electron chi connectivity index (χ1n) is 7.98. The topological polar surface area (TPSA) is 26.3 Å². The summed E-state index contributed by atoms with van der Waals surface area (Å²) in [6.07, 6.45) is 6.69. The number of carbonyl (C=O) groups excluding carboxylic acids is 1. The Bertz CT molecular complexity index is 476. The number of ether oxygens (including phenoxy) is 1. The van der Waals surface area contributed by atoms with E-state index in [9.17, 15) is 4.79 Å². The highest BCUT2D eigenvalue weighted by Gasteiger charge is 2.30. The smallest absolute Gasteiger partial charge is 0.331 e. The molecule has 2 rings (SSSR count). The minimum atomic E-state index is -0.222. The lowest BCUT2D eigenvalue weighted by Gasteiger charge is -2.34. The van der Waals surface area contributed by atoms with Crippen LogP contribution in [0.15, 0.2) is 36.4 Å². The largest absolute Gasteiger partial charge is 0.459 e. The van der Waals surface area contributed by atoms with Gasteiger partial charge in [0.25, 0.3) is 0 Å². The van der Waals surface area contributed by atoms with Crippen LogP contribution in [0, 0.1) is 17.8 Å². The van der Waals surface area contributed by atoms with Gasteiger partial charge in [-0.1, -0.05) is 51.1 Å². The summed E-state index contributed by atoms with van der Waals surface area (Å²) in [6.45, 7) is 6.78. The molecule has 1 aromatic carbocycles. The van der Waals surface area contributed by atoms with Crippen LogP contribution in [0.5, 0.6) is 0 Å². The maximum Gasteiger partial charge on any atom is 0.331 e. The molecular weight excluding hydrogens is 260 g/mol. The highest BCUT2D eigenvalue weighted by molar-refractivity contribution is 5.87. The first-order chi connectivity index (χ1) is 10.0. The molecule has 1 aliphatic carbocycles. The molecule has 114 valence electrons. The molecule has 1 saturated carbocycles. The molecule has 0 bridgehead atoms. The second-order valence-electron chi connectivity index (χ2n) is 6.62. The summed E-state index contributed by atoms with van der Waals surface area (Å²) in [6, 6.07) is 9.83. The van der Waals surface area contributed by atoms with Gasteiger partial charge in [0.15, 0.2) is 0 Å². The van der Waals surface area contributed by atoms with E-state index < -0.39 is 0 Å². The summed E-state index contributed by atoms with van der Waals surface area (Å²) in [4.78, 5) is 12.0. The standard InChI is InChI=1S/C19H26O2/c1-14(2)17-11-15(3)12-18(13-17)21-19(20)10-9-16-7-5-4-6-8-16/h4-10,14-15,17-18H,11-13H2,1-3H3/b10-9-/t15-,17-,18-/m0/s1. The summed E-state index contributed by atoms with van der Waals surface area (Å²) in [5.41, 5.74) is 1.02. The predicted octanol–water partition coefficient (Wildman–Crippen LogP) is 4.70. The van der Waals surface area contributed by atoms with Gasteiger partial charge in [-0.2, -0.15) is 0 Å². The van der Waals surface area contributed by atoms with Crippen molar-refractivity contribution in [1.29, 1.82) is 0 Å². The van der Waals surface area contributed by atoms with Crippen LogP contribution in [0.3, 0.4) is 0 Å². The fraction of sp³-hybridized carbons (Fsp3) is 0.526. The van der Waals surface area contributed by atoms with Crippen LogP contribution in [0.2, 0.25) is 0 Å². The van der Waals surface area contributed by atoms with Gasteiger partial charge >= 0.3 is 5.97 Å². The molecule has 0 heterocycles. The third-order valence-corrected chi connectivity index (χ3v) is 4.37. The Labute approximate surface area is 128 Å². The number of carbonyl (C=O) groups is 1. The van der Waals surface area contributed by atoms with E-state index in [4.69, 9.17) is 4.74 Å². The van der Waals surface area contributed by atoms with E-state index in [0.717, 1.165) is 18.4 Å². The van der Waals surface area contributed by atoms with Crippen molar-refractivity contribution >= 4 is 12.0 Å². The van der Waals surface area contributed by atoms with E-state index in [1.54, 1.807) is 6.08 Å². The van der Waals surface area contributed by atoms with Crippen molar-refractivity contribution in [2.24, 2.45) is 17.8 Å². The Kier molecular flexibility index (Phi) is 5.60. The van der Waals surface area contributed by atoms with Gasteiger partial charge in [0.05, 0.1) is 0 Å². The summed E-state index contributed by atoms with van der Waals surface area (Å²) < 4.78 is 5.64. The predicted molar refractivity (Wildman–Crippen MR) is 86.7 cm³/mol. The van der Waals surface area contributed by atoms with E-state index in [1.807, 2.05) is 36.4 Å². The highest BCUT2D eigenvalue weighted by atomic mass is 16.5. The maximum atomic E-state index is 12.0. The van der Waals surface area contributed by atoms with Crippen molar-refractivity contribution in [3.8, 4) is 0 Å². The molecule has 1 aromatic rings. The van der Waals surface area contributed by atoms with E-state index in [1.165, 1.54) is 6.42 Å². The van der Waals surface area contributed by atoms with Gasteiger partial charge in [-0.25, -0.2) is 4.79 Å². The molecule has 3 atom stereocenters. The Balaban J connectivity index is 1.88. The molecule has 0 amide bonds. The van der Waals surface area contributed by atoms with Crippen molar-refractivity contribution in [2.45, 2.75) is 46.1 Å². The average Bonchev–Trinajstić information content (AvgIpc) is 2.45. The summed E-state index contributed by atoms with van der Waals surface area (Å²) in [5.74, 6) is 1.75. The van der Waals surface area contributed by atoms with Crippen molar-refractivity contribution in [2.75, 3.05) is 0 Å². The van der Waals surface area contributed by atoms with Crippen LogP contribution in [0.25, 0.3) is 6.08 Å². The van der Waals surface area contributed by atoms with E-state index in [2.05, 4.69) is 20.8 Å². The monoisotopic (exact) mass is 286 g/mol. The van der Waals surface area contributed by atoms with Gasteiger partial charge in [-0.3, -0.25) is 0 Å². The second-order valence-corrected chi connectivity index (χ2v) is 6.62. The van der Waals surface area contributed by atoms with Gasteiger partial charge in [0, 0.05) is 6.08 Å². The molecule has 2 nitrogen and oxygen atoms in total. The first kappa shape index (κ1) is 15.8. The minimum Gasteiger partial charge on any atom is -0.459 e. The first-order valence-corrected chi connectivity index (χ1v) is 7.98. The molecule has 2 heteroatoms. The fourth-order valence-corrected chi connectivity index (χ4v) is 3.16. The second kappa shape index (κ2) is 7.44. The Morgan fingerprint density at radius 2 is 1.90 bits per heavy atom. The van der Waals surface area contributed by atoms with Crippen molar-refractivity contribution in [1.82, 2.24) is 0 Å². The molecular formula is C19H26O2. The molecule has 0 N–H and O–H groups in total. The van der Waals surface area contributed by atoms with Gasteiger partial charge in [0.2, 0.25) is 0 Å². The zero-order valence-electron chi connectivity index (χ0n) is 13.3. The summed E-state index contributed by atoms with van der Waals surface area (Å²) >= 11 is 0. The third-order valence-electron chi connectivity index (χ3n) is 4.37. The summed E-state index contributed by atoms with van der Waals surface area (Å²) in [7, 11) is 0. The zero-order valence-corrected chi connectivity index (χ0v) is 13.3. The lowest BCUT2D eigenvalue weighted by molar-refractivity contribution is -0.146. The van der Waals surface area contributed by atoms with Gasteiger partial charge < -0.3 is 4.74 Å². The molecule has 0 aliphatic heterocycles. The molecule has 0 saturated heterocycles. The molecule has 1 aliphatic rings. The SMILES string of the molecule is CC(C)[C@H]1C[C@H](C)C[C@H](OC(=O)/C=C\c2ccccc2)C1. The lowest BCUT2D eigenvalue weighted by atomic mass is 9.75. The maximum absolute atomic E-state index is 12.0. The van der Waals surface area contributed by atoms with Crippen LogP contribution in [-0.4, -0.2) is 12.1 Å². The van der Waals surface area contributed by atoms with Crippen molar-refractivity contribution in [3.05, 3.63) is 42.0 Å². The molecule has 1 fully saturated rings. The van der Waals surface area contributed by atoms with Crippen LogP contribution < -0.4 is 0 Å². The Morgan fingerprint density at radius 3 is 2.57 bits per heavy atom. The Hall–Kier alpha value is -1.57. The van der Waals surface area contributed by atoms with Gasteiger partial charge in [-0.05, 0) is 48.7 Å². The zero-order chi connectivity index (χ0) is 15.2. The van der Waals surface area contributed by atoms with Crippen molar-refractivity contribution < 1.29 is 9.53 Å². The van der Waals surface area contributed by atoms with E-state index in [-0.39, 0.29) is 12.1 Å². The molecule has 0 radical (unpaired) electrons. The number of hydrogen-bond acceptors (Lipinski definition) is 2. The third kappa shape index (κ3) is 5.04. The van der Waals surface area contributed by atoms with Gasteiger partial charge in [0.1, 0.15) is 6.10 Å². The van der Waals surface area contributed by atoms with Crippen molar-refractivity contribution in [3.63, 3.8) is 0 Å². The molecule has 0 unspecified atom stereocenters. The number of benzene rings is 1. The van der Waals surface area contributed by atoms with Crippen LogP contribution in [0.1, 0.15) is 45.6 Å². The highest BCUT2D eigenvalue weighted by Crippen LogP contribution is 2.35. The van der Waals surface area contributed by atoms with E-state index in [0.29, 0.717) is 17.8 Å². The molecule has 21 heavy (non-hydrogen) atoms. The van der Waals surface area contributed by atoms with Crippen LogP contribution >= 0.6 is 0 Å². The quantitative estimate of drug-likeness (QED) is 0.592. The number of rotatable bonds is 4. The number of esters is 1. The van der Waals surface area contributed by atoms with Crippen LogP contribution in [-0.2, 0) is 9.53 Å². The minimum absolute atomic E-state index is 0.0778. The average molecular weight is 286 g/mol. The fourth-order valence-electron chi connectivity index (χ4n) is 3.16. The number of hydrogen-bond donors (Lipinski definition) is 0. The van der Waals surface area contributed by atoms with Crippen LogP contribution in [0.4, 0.5) is 0 Å². The Morgan fingerprint density at radius 1 is 1.19 bits per heavy atom. The van der Waals surface area contributed by atoms with E-state index >= 15 is 0 Å².